The predicted octanol–water partition coefficient (Wildman–Crippen LogP) is 4.47. The summed E-state index contributed by atoms with van der Waals surface area (Å²) in [6, 6.07) is 9.76. The largest absolute Gasteiger partial charge is 0.494 e. The van der Waals surface area contributed by atoms with Crippen LogP contribution in [0.2, 0.25) is 0 Å². The molecule has 0 radical (unpaired) electrons. The fourth-order valence-electron chi connectivity index (χ4n) is 4.14. The molecular weight excluding hydrogens is 457 g/mol. The zero-order chi connectivity index (χ0) is 24.3. The molecule has 1 N–H and O–H groups in total. The molecule has 0 bridgehead atoms. The molecule has 2 aromatic carbocycles. The first-order valence-corrected chi connectivity index (χ1v) is 12.4. The van der Waals surface area contributed by atoms with Crippen LogP contribution in [-0.4, -0.2) is 34.0 Å². The average Bonchev–Trinajstić information content (AvgIpc) is 3.00. The topological polar surface area (TPSA) is 64.2 Å². The van der Waals surface area contributed by atoms with Gasteiger partial charge in [0.1, 0.15) is 17.5 Å². The normalized spacial score (nSPS) is 18.7. The van der Waals surface area contributed by atoms with Crippen molar-refractivity contribution in [3.63, 3.8) is 0 Å². The van der Waals surface area contributed by atoms with Crippen LogP contribution < -0.4 is 11.0 Å². The van der Waals surface area contributed by atoms with Crippen molar-refractivity contribution in [1.82, 2.24) is 9.97 Å². The van der Waals surface area contributed by atoms with Gasteiger partial charge in [0.05, 0.1) is 22.5 Å². The number of hydrogen-bond acceptors (Lipinski definition) is 5. The van der Waals surface area contributed by atoms with E-state index in [4.69, 9.17) is 9.31 Å². The summed E-state index contributed by atoms with van der Waals surface area (Å²) in [6.45, 7) is 7.94. The molecule has 3 heterocycles. The van der Waals surface area contributed by atoms with Crippen LogP contribution >= 0.6 is 11.8 Å². The van der Waals surface area contributed by atoms with Crippen molar-refractivity contribution >= 4 is 24.3 Å². The Kier molecular flexibility index (Phi) is 5.70. The summed E-state index contributed by atoms with van der Waals surface area (Å²) in [5, 5.41) is 0. The SMILES string of the molecule is CC1(C)OB(c2ccc(-c3cc(F)c(-c4nc5c(c(=O)[nH]4)CSCC5)c(F)c3)cc2)OC1(C)C. The lowest BCUT2D eigenvalue weighted by molar-refractivity contribution is 0.00578. The lowest BCUT2D eigenvalue weighted by atomic mass is 9.78. The second-order valence-corrected chi connectivity index (χ2v) is 10.8. The first-order valence-electron chi connectivity index (χ1n) is 11.2. The number of H-pyrrole nitrogens is 1. The summed E-state index contributed by atoms with van der Waals surface area (Å²) in [5.41, 5.74) is 1.48. The van der Waals surface area contributed by atoms with Gasteiger partial charge in [-0.2, -0.15) is 11.8 Å². The molecule has 0 saturated carbocycles. The van der Waals surface area contributed by atoms with Crippen molar-refractivity contribution in [3.05, 3.63) is 69.6 Å². The summed E-state index contributed by atoms with van der Waals surface area (Å²) in [4.78, 5) is 19.3. The molecule has 0 aliphatic carbocycles. The summed E-state index contributed by atoms with van der Waals surface area (Å²) in [7, 11) is -0.514. The van der Waals surface area contributed by atoms with Gasteiger partial charge in [0.2, 0.25) is 0 Å². The van der Waals surface area contributed by atoms with E-state index in [1.54, 1.807) is 23.9 Å². The zero-order valence-electron chi connectivity index (χ0n) is 19.5. The van der Waals surface area contributed by atoms with E-state index in [9.17, 15) is 4.79 Å². The molecule has 9 heteroatoms. The standard InChI is InChI=1S/C25H25BF2N2O3S/c1-24(2)25(3,4)33-26(32-24)16-7-5-14(6-8-16)15-11-18(27)21(19(28)12-15)22-29-20-9-10-34-13-17(20)23(31)30-22/h5-8,11-12H,9-10,13H2,1-4H3,(H,29,30,31). The quantitative estimate of drug-likeness (QED) is 0.559. The third-order valence-electron chi connectivity index (χ3n) is 6.88. The number of aromatic nitrogens is 2. The molecule has 0 amide bonds. The molecule has 2 aliphatic rings. The lowest BCUT2D eigenvalue weighted by Gasteiger charge is -2.32. The van der Waals surface area contributed by atoms with E-state index >= 15 is 8.78 Å². The highest BCUT2D eigenvalue weighted by atomic mass is 32.2. The van der Waals surface area contributed by atoms with Gasteiger partial charge in [-0.05, 0) is 68.6 Å². The summed E-state index contributed by atoms with van der Waals surface area (Å²) >= 11 is 1.64. The van der Waals surface area contributed by atoms with E-state index < -0.39 is 30.0 Å². The molecule has 5 rings (SSSR count). The van der Waals surface area contributed by atoms with Gasteiger partial charge in [-0.3, -0.25) is 4.79 Å². The van der Waals surface area contributed by atoms with Crippen molar-refractivity contribution in [3.8, 4) is 22.5 Å². The van der Waals surface area contributed by atoms with Gasteiger partial charge in [0.15, 0.2) is 0 Å². The summed E-state index contributed by atoms with van der Waals surface area (Å²) in [5.74, 6) is -0.247. The van der Waals surface area contributed by atoms with E-state index in [0.717, 1.165) is 11.2 Å². The van der Waals surface area contributed by atoms with E-state index in [1.165, 1.54) is 12.1 Å². The third kappa shape index (κ3) is 3.99. The van der Waals surface area contributed by atoms with Crippen LogP contribution in [0, 0.1) is 11.6 Å². The fourth-order valence-corrected chi connectivity index (χ4v) is 5.12. The number of fused-ring (bicyclic) bond motifs is 1. The molecule has 0 unspecified atom stereocenters. The van der Waals surface area contributed by atoms with Crippen molar-refractivity contribution in [1.29, 1.82) is 0 Å². The Morgan fingerprint density at radius 3 is 2.24 bits per heavy atom. The molecule has 0 spiro atoms. The number of nitrogens with one attached hydrogen (secondary N) is 1. The smallest absolute Gasteiger partial charge is 0.399 e. The maximum atomic E-state index is 15.1. The van der Waals surface area contributed by atoms with Gasteiger partial charge < -0.3 is 14.3 Å². The van der Waals surface area contributed by atoms with E-state index in [0.29, 0.717) is 34.6 Å². The van der Waals surface area contributed by atoms with E-state index in [2.05, 4.69) is 9.97 Å². The van der Waals surface area contributed by atoms with Crippen molar-refractivity contribution in [2.75, 3.05) is 5.75 Å². The molecule has 5 nitrogen and oxygen atoms in total. The number of hydrogen-bond donors (Lipinski definition) is 1. The van der Waals surface area contributed by atoms with Gasteiger partial charge in [-0.1, -0.05) is 24.3 Å². The van der Waals surface area contributed by atoms with Crippen LogP contribution in [0.15, 0.2) is 41.2 Å². The number of aryl methyl sites for hydroxylation is 1. The minimum atomic E-state index is -0.779. The molecule has 0 atom stereocenters. The lowest BCUT2D eigenvalue weighted by Crippen LogP contribution is -2.41. The Hall–Kier alpha value is -2.49. The van der Waals surface area contributed by atoms with Crippen LogP contribution in [-0.2, 0) is 21.5 Å². The highest BCUT2D eigenvalue weighted by molar-refractivity contribution is 7.98. The summed E-state index contributed by atoms with van der Waals surface area (Å²) in [6.07, 6.45) is 0.605. The second kappa shape index (κ2) is 8.32. The zero-order valence-corrected chi connectivity index (χ0v) is 20.3. The highest BCUT2D eigenvalue weighted by Gasteiger charge is 2.51. The second-order valence-electron chi connectivity index (χ2n) is 9.67. The van der Waals surface area contributed by atoms with Gasteiger partial charge >= 0.3 is 7.12 Å². The fraction of sp³-hybridized carbons (Fsp3) is 0.360. The predicted molar refractivity (Wildman–Crippen MR) is 131 cm³/mol. The first-order chi connectivity index (χ1) is 16.1. The number of rotatable bonds is 3. The number of thioether (sulfide) groups is 1. The minimum absolute atomic E-state index is 0.0756. The number of aromatic amines is 1. The molecule has 34 heavy (non-hydrogen) atoms. The molecule has 2 aliphatic heterocycles. The van der Waals surface area contributed by atoms with Gasteiger partial charge in [-0.25, -0.2) is 13.8 Å². The van der Waals surface area contributed by atoms with Crippen LogP contribution in [0.1, 0.15) is 39.0 Å². The first kappa shape index (κ1) is 23.3. The van der Waals surface area contributed by atoms with E-state index in [-0.39, 0.29) is 16.9 Å². The van der Waals surface area contributed by atoms with Crippen LogP contribution in [0.3, 0.4) is 0 Å². The Labute approximate surface area is 201 Å². The molecule has 176 valence electrons. The van der Waals surface area contributed by atoms with Crippen LogP contribution in [0.4, 0.5) is 8.78 Å². The van der Waals surface area contributed by atoms with Crippen LogP contribution in [0.25, 0.3) is 22.5 Å². The minimum Gasteiger partial charge on any atom is -0.399 e. The molecule has 1 fully saturated rings. The number of benzene rings is 2. The Morgan fingerprint density at radius 2 is 1.62 bits per heavy atom. The maximum absolute atomic E-state index is 15.1. The van der Waals surface area contributed by atoms with Gasteiger partial charge in [-0.15, -0.1) is 0 Å². The Balaban J connectivity index is 1.45. The monoisotopic (exact) mass is 482 g/mol. The summed E-state index contributed by atoms with van der Waals surface area (Å²) < 4.78 is 42.3. The number of nitrogens with zero attached hydrogens (tertiary/aromatic N) is 1. The molecule has 1 aromatic heterocycles. The van der Waals surface area contributed by atoms with Crippen molar-refractivity contribution in [2.24, 2.45) is 0 Å². The molecule has 1 saturated heterocycles. The van der Waals surface area contributed by atoms with Crippen molar-refractivity contribution < 1.29 is 18.1 Å². The third-order valence-corrected chi connectivity index (χ3v) is 7.86. The maximum Gasteiger partial charge on any atom is 0.494 e. The average molecular weight is 482 g/mol. The molecular formula is C25H25BF2N2O3S. The Morgan fingerprint density at radius 1 is 1.00 bits per heavy atom. The molecule has 3 aromatic rings. The highest BCUT2D eigenvalue weighted by Crippen LogP contribution is 2.37. The Bertz CT molecular complexity index is 1290. The van der Waals surface area contributed by atoms with Crippen molar-refractivity contribution in [2.45, 2.75) is 51.1 Å². The van der Waals surface area contributed by atoms with Gasteiger partial charge in [0, 0.05) is 11.3 Å². The van der Waals surface area contributed by atoms with Gasteiger partial charge in [0.25, 0.3) is 5.56 Å². The van der Waals surface area contributed by atoms with E-state index in [1.807, 2.05) is 39.8 Å². The van der Waals surface area contributed by atoms with Crippen LogP contribution in [0.5, 0.6) is 0 Å². The number of halogens is 2.